The summed E-state index contributed by atoms with van der Waals surface area (Å²) in [5, 5.41) is 7.98. The van der Waals surface area contributed by atoms with Crippen molar-refractivity contribution in [1.29, 1.82) is 0 Å². The van der Waals surface area contributed by atoms with Crippen molar-refractivity contribution in [3.63, 3.8) is 0 Å². The molecule has 0 unspecified atom stereocenters. The van der Waals surface area contributed by atoms with Gasteiger partial charge in [-0.25, -0.2) is 0 Å². The summed E-state index contributed by atoms with van der Waals surface area (Å²) in [4.78, 5) is 4.27. The molecule has 0 aliphatic carbocycles. The molecule has 2 aromatic rings. The van der Waals surface area contributed by atoms with Crippen LogP contribution in [0.5, 0.6) is 0 Å². The molecule has 0 atom stereocenters. The first-order valence-electron chi connectivity index (χ1n) is 4.83. The third kappa shape index (κ3) is 2.19. The van der Waals surface area contributed by atoms with Crippen LogP contribution in [0.3, 0.4) is 0 Å². The van der Waals surface area contributed by atoms with Gasteiger partial charge in [-0.3, -0.25) is 9.67 Å². The zero-order chi connectivity index (χ0) is 10.7. The van der Waals surface area contributed by atoms with Crippen LogP contribution >= 0.6 is 0 Å². The average Bonchev–Trinajstić information content (AvgIpc) is 2.68. The second kappa shape index (κ2) is 4.18. The predicted molar refractivity (Wildman–Crippen MR) is 57.0 cm³/mol. The monoisotopic (exact) mass is 203 g/mol. The first kappa shape index (κ1) is 9.79. The molecule has 5 nitrogen and oxygen atoms in total. The van der Waals surface area contributed by atoms with E-state index in [4.69, 9.17) is 5.73 Å². The van der Waals surface area contributed by atoms with Crippen LogP contribution in [-0.2, 0) is 6.54 Å². The summed E-state index contributed by atoms with van der Waals surface area (Å²) in [6.07, 6.45) is 3.67. The van der Waals surface area contributed by atoms with Crippen molar-refractivity contribution in [2.24, 2.45) is 5.73 Å². The van der Waals surface area contributed by atoms with E-state index in [2.05, 4.69) is 15.3 Å². The highest BCUT2D eigenvalue weighted by Gasteiger charge is 2.03. The third-order valence-corrected chi connectivity index (χ3v) is 2.07. The number of nitrogens with two attached hydrogens (primary N) is 1. The fourth-order valence-electron chi connectivity index (χ4n) is 1.28. The lowest BCUT2D eigenvalue weighted by Gasteiger charge is -1.95. The molecule has 2 aromatic heterocycles. The Morgan fingerprint density at radius 1 is 1.33 bits per heavy atom. The van der Waals surface area contributed by atoms with Crippen molar-refractivity contribution >= 4 is 0 Å². The minimum Gasteiger partial charge on any atom is -0.329 e. The van der Waals surface area contributed by atoms with Crippen molar-refractivity contribution in [3.8, 4) is 11.4 Å². The standard InChI is InChI=1S/C10H13N5/c1-8-2-3-9(12-6-8)10-7-15(5-4-11)14-13-10/h2-3,6-7H,4-5,11H2,1H3. The Kier molecular flexibility index (Phi) is 2.73. The van der Waals surface area contributed by atoms with Crippen molar-refractivity contribution in [1.82, 2.24) is 20.0 Å². The minimum absolute atomic E-state index is 0.560. The number of pyridine rings is 1. The maximum absolute atomic E-state index is 5.42. The molecule has 15 heavy (non-hydrogen) atoms. The van der Waals surface area contributed by atoms with Gasteiger partial charge in [-0.2, -0.15) is 0 Å². The smallest absolute Gasteiger partial charge is 0.131 e. The van der Waals surface area contributed by atoms with Gasteiger partial charge >= 0.3 is 0 Å². The van der Waals surface area contributed by atoms with Crippen LogP contribution in [0.15, 0.2) is 24.5 Å². The zero-order valence-electron chi connectivity index (χ0n) is 8.59. The lowest BCUT2D eigenvalue weighted by Crippen LogP contribution is -2.10. The maximum Gasteiger partial charge on any atom is 0.131 e. The second-order valence-corrected chi connectivity index (χ2v) is 3.38. The number of rotatable bonds is 3. The molecule has 0 amide bonds. The van der Waals surface area contributed by atoms with Gasteiger partial charge in [0, 0.05) is 12.7 Å². The number of aromatic nitrogens is 4. The van der Waals surface area contributed by atoms with Gasteiger partial charge in [-0.1, -0.05) is 11.3 Å². The fourth-order valence-corrected chi connectivity index (χ4v) is 1.28. The molecule has 0 bridgehead atoms. The first-order valence-corrected chi connectivity index (χ1v) is 4.83. The molecule has 0 saturated heterocycles. The Hall–Kier alpha value is -1.75. The van der Waals surface area contributed by atoms with Crippen LogP contribution in [-0.4, -0.2) is 26.5 Å². The Morgan fingerprint density at radius 3 is 2.87 bits per heavy atom. The maximum atomic E-state index is 5.42. The summed E-state index contributed by atoms with van der Waals surface area (Å²) in [7, 11) is 0. The van der Waals surface area contributed by atoms with E-state index in [1.807, 2.05) is 31.5 Å². The van der Waals surface area contributed by atoms with E-state index in [1.165, 1.54) is 0 Å². The molecule has 0 aliphatic heterocycles. The van der Waals surface area contributed by atoms with E-state index in [9.17, 15) is 0 Å². The van der Waals surface area contributed by atoms with Crippen LogP contribution < -0.4 is 5.73 Å². The van der Waals surface area contributed by atoms with Crippen LogP contribution in [0, 0.1) is 6.92 Å². The molecule has 2 rings (SSSR count). The molecular weight excluding hydrogens is 190 g/mol. The van der Waals surface area contributed by atoms with Gasteiger partial charge in [-0.05, 0) is 18.6 Å². The van der Waals surface area contributed by atoms with E-state index in [-0.39, 0.29) is 0 Å². The second-order valence-electron chi connectivity index (χ2n) is 3.38. The molecule has 2 N–H and O–H groups in total. The van der Waals surface area contributed by atoms with Gasteiger partial charge in [0.15, 0.2) is 0 Å². The van der Waals surface area contributed by atoms with Gasteiger partial charge < -0.3 is 5.73 Å². The number of aryl methyl sites for hydroxylation is 1. The van der Waals surface area contributed by atoms with Crippen LogP contribution in [0.1, 0.15) is 5.56 Å². The quantitative estimate of drug-likeness (QED) is 0.793. The molecular formula is C10H13N5. The van der Waals surface area contributed by atoms with E-state index in [0.29, 0.717) is 13.1 Å². The summed E-state index contributed by atoms with van der Waals surface area (Å²) >= 11 is 0. The summed E-state index contributed by atoms with van der Waals surface area (Å²) in [6.45, 7) is 3.24. The fraction of sp³-hybridized carbons (Fsp3) is 0.300. The number of nitrogens with zero attached hydrogens (tertiary/aromatic N) is 4. The molecule has 0 fully saturated rings. The Balaban J connectivity index is 2.25. The van der Waals surface area contributed by atoms with Gasteiger partial charge in [0.05, 0.1) is 18.4 Å². The topological polar surface area (TPSA) is 69.6 Å². The van der Waals surface area contributed by atoms with E-state index >= 15 is 0 Å². The zero-order valence-corrected chi connectivity index (χ0v) is 8.59. The molecule has 0 aliphatic rings. The highest BCUT2D eigenvalue weighted by Crippen LogP contribution is 2.12. The van der Waals surface area contributed by atoms with Crippen molar-refractivity contribution in [2.75, 3.05) is 6.54 Å². The van der Waals surface area contributed by atoms with Crippen molar-refractivity contribution in [3.05, 3.63) is 30.1 Å². The molecule has 0 spiro atoms. The van der Waals surface area contributed by atoms with Crippen molar-refractivity contribution < 1.29 is 0 Å². The lowest BCUT2D eigenvalue weighted by molar-refractivity contribution is 0.598. The average molecular weight is 203 g/mol. The summed E-state index contributed by atoms with van der Waals surface area (Å²) in [5.41, 5.74) is 8.17. The third-order valence-electron chi connectivity index (χ3n) is 2.07. The highest BCUT2D eigenvalue weighted by atomic mass is 15.4. The van der Waals surface area contributed by atoms with E-state index in [1.54, 1.807) is 4.68 Å². The predicted octanol–water partition coefficient (Wildman–Crippen LogP) is 0.607. The minimum atomic E-state index is 0.560. The molecule has 2 heterocycles. The van der Waals surface area contributed by atoms with Gasteiger partial charge in [0.1, 0.15) is 5.69 Å². The molecule has 0 saturated carbocycles. The first-order chi connectivity index (χ1) is 7.29. The summed E-state index contributed by atoms with van der Waals surface area (Å²) < 4.78 is 1.72. The lowest BCUT2D eigenvalue weighted by atomic mass is 10.2. The van der Waals surface area contributed by atoms with Gasteiger partial charge in [0.2, 0.25) is 0 Å². The van der Waals surface area contributed by atoms with Gasteiger partial charge in [-0.15, -0.1) is 5.10 Å². The Morgan fingerprint density at radius 2 is 2.20 bits per heavy atom. The van der Waals surface area contributed by atoms with Crippen LogP contribution in [0.4, 0.5) is 0 Å². The number of hydrogen-bond acceptors (Lipinski definition) is 4. The van der Waals surface area contributed by atoms with Crippen LogP contribution in [0.2, 0.25) is 0 Å². The van der Waals surface area contributed by atoms with E-state index in [0.717, 1.165) is 17.0 Å². The van der Waals surface area contributed by atoms with Crippen LogP contribution in [0.25, 0.3) is 11.4 Å². The van der Waals surface area contributed by atoms with Crippen molar-refractivity contribution in [2.45, 2.75) is 13.5 Å². The highest BCUT2D eigenvalue weighted by molar-refractivity contribution is 5.51. The summed E-state index contributed by atoms with van der Waals surface area (Å²) in [6, 6.07) is 3.94. The SMILES string of the molecule is Cc1ccc(-c2cn(CCN)nn2)nc1. The molecule has 0 radical (unpaired) electrons. The largest absolute Gasteiger partial charge is 0.329 e. The molecule has 78 valence electrons. The Bertz CT molecular complexity index is 431. The normalized spacial score (nSPS) is 10.5. The molecule has 0 aromatic carbocycles. The van der Waals surface area contributed by atoms with E-state index < -0.39 is 0 Å². The number of hydrogen-bond donors (Lipinski definition) is 1. The van der Waals surface area contributed by atoms with Gasteiger partial charge in [0.25, 0.3) is 0 Å². The summed E-state index contributed by atoms with van der Waals surface area (Å²) in [5.74, 6) is 0. The Labute approximate surface area is 87.9 Å². The molecule has 5 heteroatoms.